The first kappa shape index (κ1) is 17.9. The van der Waals surface area contributed by atoms with Crippen LogP contribution in [0.4, 0.5) is 22.7 Å². The molecule has 1 aliphatic heterocycles. The highest BCUT2D eigenvalue weighted by atomic mass is 16.6. The van der Waals surface area contributed by atoms with Gasteiger partial charge in [-0.15, -0.1) is 0 Å². The molecule has 1 unspecified atom stereocenters. The predicted octanol–water partition coefficient (Wildman–Crippen LogP) is 1.26. The van der Waals surface area contributed by atoms with Crippen LogP contribution >= 0.6 is 0 Å². The van der Waals surface area contributed by atoms with Crippen LogP contribution in [-0.2, 0) is 0 Å². The summed E-state index contributed by atoms with van der Waals surface area (Å²) < 4.78 is 0. The molecule has 0 aliphatic carbocycles. The zero-order valence-corrected chi connectivity index (χ0v) is 13.1. The summed E-state index contributed by atoms with van der Waals surface area (Å²) in [6.45, 7) is 0.704. The molecule has 0 spiro atoms. The van der Waals surface area contributed by atoms with Gasteiger partial charge in [0.1, 0.15) is 11.4 Å². The molecule has 1 atom stereocenters. The molecule has 24 heavy (non-hydrogen) atoms. The van der Waals surface area contributed by atoms with Crippen LogP contribution in [0.25, 0.3) is 0 Å². The van der Waals surface area contributed by atoms with Gasteiger partial charge in [0.2, 0.25) is 0 Å². The maximum Gasteiger partial charge on any atom is 0.299 e. The molecular weight excluding hydrogens is 320 g/mol. The Morgan fingerprint density at radius 1 is 1.12 bits per heavy atom. The number of rotatable bonds is 7. The molecule has 1 aromatic carbocycles. The van der Waals surface area contributed by atoms with Gasteiger partial charge in [-0.1, -0.05) is 0 Å². The van der Waals surface area contributed by atoms with Crippen LogP contribution in [0.3, 0.4) is 0 Å². The van der Waals surface area contributed by atoms with Crippen molar-refractivity contribution >= 4 is 22.7 Å². The van der Waals surface area contributed by atoms with Gasteiger partial charge in [0, 0.05) is 19.6 Å². The summed E-state index contributed by atoms with van der Waals surface area (Å²) in [5, 5.41) is 43.5. The molecule has 0 radical (unpaired) electrons. The van der Waals surface area contributed by atoms with Crippen molar-refractivity contribution in [1.29, 1.82) is 0 Å². The van der Waals surface area contributed by atoms with Crippen molar-refractivity contribution in [2.75, 3.05) is 36.5 Å². The smallest absolute Gasteiger partial charge is 0.299 e. The highest BCUT2D eigenvalue weighted by molar-refractivity contribution is 5.77. The normalized spacial score (nSPS) is 15.8. The van der Waals surface area contributed by atoms with E-state index in [1.165, 1.54) is 6.07 Å². The Bertz CT molecular complexity index is 618. The number of nitro benzene ring substituents is 2. The van der Waals surface area contributed by atoms with Gasteiger partial charge in [0.25, 0.3) is 11.4 Å². The summed E-state index contributed by atoms with van der Waals surface area (Å²) >= 11 is 0. The first-order valence-corrected chi connectivity index (χ1v) is 7.68. The standard InChI is InChI=1S/C14H20N4O6/c19-9-10(20)8-15-11-6-13(16-4-2-1-3-5-16)14(18(23)24)7-12(11)17(21)22/h6-7,10,15,19-20H,1-5,8-9H2. The third-order valence-corrected chi connectivity index (χ3v) is 3.92. The number of aliphatic hydroxyl groups excluding tert-OH is 2. The van der Waals surface area contributed by atoms with E-state index in [1.54, 1.807) is 0 Å². The molecular formula is C14H20N4O6. The second kappa shape index (κ2) is 7.88. The van der Waals surface area contributed by atoms with E-state index in [2.05, 4.69) is 5.32 Å². The maximum atomic E-state index is 11.3. The highest BCUT2D eigenvalue weighted by Gasteiger charge is 2.28. The summed E-state index contributed by atoms with van der Waals surface area (Å²) in [5.41, 5.74) is -0.339. The molecule has 1 fully saturated rings. The summed E-state index contributed by atoms with van der Waals surface area (Å²) in [7, 11) is 0. The van der Waals surface area contributed by atoms with Gasteiger partial charge in [0.05, 0.1) is 28.6 Å². The predicted molar refractivity (Wildman–Crippen MR) is 87.4 cm³/mol. The molecule has 3 N–H and O–H groups in total. The topological polar surface area (TPSA) is 142 Å². The Kier molecular flexibility index (Phi) is 5.88. The quantitative estimate of drug-likeness (QED) is 0.497. The molecule has 1 heterocycles. The minimum Gasteiger partial charge on any atom is -0.394 e. The molecule has 1 saturated heterocycles. The highest BCUT2D eigenvalue weighted by Crippen LogP contribution is 2.39. The van der Waals surface area contributed by atoms with Crippen LogP contribution in [0.2, 0.25) is 0 Å². The van der Waals surface area contributed by atoms with E-state index in [4.69, 9.17) is 5.11 Å². The van der Waals surface area contributed by atoms with Crippen molar-refractivity contribution < 1.29 is 20.1 Å². The first-order valence-electron chi connectivity index (χ1n) is 7.68. The van der Waals surface area contributed by atoms with Crippen LogP contribution in [-0.4, -0.2) is 52.4 Å². The average molecular weight is 340 g/mol. The summed E-state index contributed by atoms with van der Waals surface area (Å²) in [6.07, 6.45) is 1.77. The van der Waals surface area contributed by atoms with E-state index in [0.29, 0.717) is 18.8 Å². The number of nitrogens with zero attached hydrogens (tertiary/aromatic N) is 3. The number of benzene rings is 1. The fourth-order valence-corrected chi connectivity index (χ4v) is 2.69. The lowest BCUT2D eigenvalue weighted by Gasteiger charge is -2.28. The van der Waals surface area contributed by atoms with Crippen LogP contribution < -0.4 is 10.2 Å². The van der Waals surface area contributed by atoms with Gasteiger partial charge in [0.15, 0.2) is 0 Å². The Balaban J connectivity index is 2.43. The van der Waals surface area contributed by atoms with Gasteiger partial charge < -0.3 is 20.4 Å². The molecule has 1 aliphatic rings. The lowest BCUT2D eigenvalue weighted by molar-refractivity contribution is -0.393. The van der Waals surface area contributed by atoms with E-state index >= 15 is 0 Å². The minimum atomic E-state index is -1.08. The fraction of sp³-hybridized carbons (Fsp3) is 0.571. The molecule has 132 valence electrons. The number of piperidine rings is 1. The molecule has 10 heteroatoms. The van der Waals surface area contributed by atoms with Gasteiger partial charge in [-0.05, 0) is 25.3 Å². The number of aliphatic hydroxyl groups is 2. The number of anilines is 2. The second-order valence-electron chi connectivity index (χ2n) is 5.64. The van der Waals surface area contributed by atoms with E-state index in [9.17, 15) is 25.3 Å². The van der Waals surface area contributed by atoms with Crippen molar-refractivity contribution in [3.05, 3.63) is 32.4 Å². The molecule has 0 amide bonds. The zero-order chi connectivity index (χ0) is 17.7. The van der Waals surface area contributed by atoms with E-state index in [1.807, 2.05) is 4.90 Å². The lowest BCUT2D eigenvalue weighted by atomic mass is 10.1. The van der Waals surface area contributed by atoms with Gasteiger partial charge in [-0.3, -0.25) is 20.2 Å². The lowest BCUT2D eigenvalue weighted by Crippen LogP contribution is -2.30. The first-order chi connectivity index (χ1) is 11.4. The largest absolute Gasteiger partial charge is 0.394 e. The van der Waals surface area contributed by atoms with Crippen molar-refractivity contribution in [3.63, 3.8) is 0 Å². The van der Waals surface area contributed by atoms with Gasteiger partial charge >= 0.3 is 0 Å². The van der Waals surface area contributed by atoms with Crippen molar-refractivity contribution in [1.82, 2.24) is 0 Å². The van der Waals surface area contributed by atoms with E-state index in [-0.39, 0.29) is 17.9 Å². The van der Waals surface area contributed by atoms with Gasteiger partial charge in [-0.2, -0.15) is 0 Å². The monoisotopic (exact) mass is 340 g/mol. The number of hydrogen-bond acceptors (Lipinski definition) is 8. The number of nitro groups is 2. The summed E-state index contributed by atoms with van der Waals surface area (Å²) in [5.74, 6) is 0. The van der Waals surface area contributed by atoms with E-state index < -0.39 is 28.2 Å². The number of hydrogen-bond donors (Lipinski definition) is 3. The number of nitrogens with one attached hydrogen (secondary N) is 1. The Morgan fingerprint density at radius 3 is 2.29 bits per heavy atom. The minimum absolute atomic E-state index is 0.0821. The Hall–Kier alpha value is -2.46. The van der Waals surface area contributed by atoms with Crippen LogP contribution in [0.1, 0.15) is 19.3 Å². The molecule has 2 rings (SSSR count). The van der Waals surface area contributed by atoms with Crippen LogP contribution in [0.5, 0.6) is 0 Å². The second-order valence-corrected chi connectivity index (χ2v) is 5.64. The Labute approximate surface area is 138 Å². The van der Waals surface area contributed by atoms with Crippen molar-refractivity contribution in [2.24, 2.45) is 0 Å². The zero-order valence-electron chi connectivity index (χ0n) is 13.1. The molecule has 1 aromatic rings. The molecule has 0 saturated carbocycles. The Morgan fingerprint density at radius 2 is 1.75 bits per heavy atom. The fourth-order valence-electron chi connectivity index (χ4n) is 2.69. The van der Waals surface area contributed by atoms with Gasteiger partial charge in [-0.25, -0.2) is 0 Å². The third kappa shape index (κ3) is 4.09. The van der Waals surface area contributed by atoms with Crippen molar-refractivity contribution in [2.45, 2.75) is 25.4 Å². The van der Waals surface area contributed by atoms with Crippen molar-refractivity contribution in [3.8, 4) is 0 Å². The van der Waals surface area contributed by atoms with E-state index in [0.717, 1.165) is 25.3 Å². The summed E-state index contributed by atoms with van der Waals surface area (Å²) in [4.78, 5) is 23.1. The maximum absolute atomic E-state index is 11.3. The van der Waals surface area contributed by atoms with Crippen LogP contribution in [0, 0.1) is 20.2 Å². The third-order valence-electron chi connectivity index (χ3n) is 3.92. The molecule has 0 aromatic heterocycles. The molecule has 0 bridgehead atoms. The average Bonchev–Trinajstić information content (AvgIpc) is 2.59. The SMILES string of the molecule is O=[N+]([O-])c1cc([N+](=O)[O-])c(N2CCCCC2)cc1NCC(O)CO. The molecule has 10 nitrogen and oxygen atoms in total. The van der Waals surface area contributed by atoms with Crippen LogP contribution in [0.15, 0.2) is 12.1 Å². The summed E-state index contributed by atoms with van der Waals surface area (Å²) in [6, 6.07) is 2.32.